The number of carbonyl (C=O) groups excluding carboxylic acids is 3. The van der Waals surface area contributed by atoms with Crippen LogP contribution in [0.25, 0.3) is 0 Å². The average molecular weight is 597 g/mol. The smallest absolute Gasteiger partial charge is 0.261 e. The van der Waals surface area contributed by atoms with Crippen LogP contribution in [0.4, 0.5) is 15.5 Å². The van der Waals surface area contributed by atoms with E-state index in [1.807, 2.05) is 37.3 Å². The summed E-state index contributed by atoms with van der Waals surface area (Å²) in [4.78, 5) is 41.8. The van der Waals surface area contributed by atoms with Crippen LogP contribution >= 0.6 is 0 Å². The lowest BCUT2D eigenvalue weighted by molar-refractivity contribution is -0.148. The summed E-state index contributed by atoms with van der Waals surface area (Å²) in [5.74, 6) is -1.45. The second-order valence-electron chi connectivity index (χ2n) is 12.2. The summed E-state index contributed by atoms with van der Waals surface area (Å²) in [6.07, 6.45) is 0.789. The molecule has 0 bridgehead atoms. The van der Waals surface area contributed by atoms with Gasteiger partial charge in [0, 0.05) is 48.0 Å². The number of nitrogens with one attached hydrogen (secondary N) is 3. The Morgan fingerprint density at radius 2 is 1.98 bits per heavy atom. The zero-order valence-electron chi connectivity index (χ0n) is 24.5. The average Bonchev–Trinajstić information content (AvgIpc) is 3.42. The Kier molecular flexibility index (Phi) is 8.84. The monoisotopic (exact) mass is 596 g/mol. The molecular formula is C31H41FN4O5Si. The molecule has 2 aromatic rings. The molecule has 0 saturated carbocycles. The molecule has 11 heteroatoms. The first-order valence-electron chi connectivity index (χ1n) is 14.8. The maximum Gasteiger partial charge on any atom is 0.261 e. The number of anilines is 2. The predicted molar refractivity (Wildman–Crippen MR) is 161 cm³/mol. The number of rotatable bonds is 9. The molecule has 1 spiro atoms. The number of aliphatic hydroxyl groups excluding tert-OH is 1. The van der Waals surface area contributed by atoms with Crippen molar-refractivity contribution >= 4 is 37.5 Å². The number of nitrogens with zero attached hydrogens (tertiary/aromatic N) is 1. The van der Waals surface area contributed by atoms with Crippen LogP contribution in [0.3, 0.4) is 0 Å². The topological polar surface area (TPSA) is 120 Å². The highest BCUT2D eigenvalue weighted by Gasteiger charge is 2.65. The van der Waals surface area contributed by atoms with Gasteiger partial charge in [-0.3, -0.25) is 14.4 Å². The van der Waals surface area contributed by atoms with Gasteiger partial charge in [0.2, 0.25) is 20.2 Å². The van der Waals surface area contributed by atoms with E-state index in [9.17, 15) is 19.5 Å². The molecule has 2 fully saturated rings. The minimum Gasteiger partial charge on any atom is -0.395 e. The predicted octanol–water partition coefficient (Wildman–Crippen LogP) is 3.76. The lowest BCUT2D eigenvalue weighted by Crippen LogP contribution is -2.42. The van der Waals surface area contributed by atoms with Crippen molar-refractivity contribution in [2.45, 2.75) is 63.1 Å². The van der Waals surface area contributed by atoms with E-state index in [-0.39, 0.29) is 43.2 Å². The van der Waals surface area contributed by atoms with E-state index in [0.717, 1.165) is 24.9 Å². The molecule has 0 aromatic heterocycles. The summed E-state index contributed by atoms with van der Waals surface area (Å²) >= 11 is 0. The fourth-order valence-electron chi connectivity index (χ4n) is 6.98. The third-order valence-corrected chi connectivity index (χ3v) is 11.4. The number of amides is 3. The second-order valence-corrected chi connectivity index (χ2v) is 16.0. The van der Waals surface area contributed by atoms with E-state index in [1.165, 1.54) is 0 Å². The fraction of sp³-hybridized carbons (Fsp3) is 0.516. The van der Waals surface area contributed by atoms with Crippen LogP contribution in [0.2, 0.25) is 18.6 Å². The molecular weight excluding hydrogens is 555 g/mol. The summed E-state index contributed by atoms with van der Waals surface area (Å²) in [6.45, 7) is 6.75. The molecule has 2 aromatic carbocycles. The molecule has 5 atom stereocenters. The Labute approximate surface area is 247 Å². The van der Waals surface area contributed by atoms with Gasteiger partial charge in [-0.05, 0) is 56.2 Å². The fourth-order valence-corrected chi connectivity index (χ4v) is 9.48. The number of piperidine rings is 1. The number of hydrogen-bond donors (Lipinski definition) is 4. The summed E-state index contributed by atoms with van der Waals surface area (Å²) in [5.41, 5.74) is 0.429. The number of aliphatic hydroxyl groups is 1. The highest BCUT2D eigenvalue weighted by atomic mass is 28.4. The van der Waals surface area contributed by atoms with Crippen molar-refractivity contribution in [1.29, 1.82) is 0 Å². The van der Waals surface area contributed by atoms with E-state index in [4.69, 9.17) is 4.74 Å². The summed E-state index contributed by atoms with van der Waals surface area (Å²) < 4.78 is 22.6. The zero-order valence-corrected chi connectivity index (χ0v) is 25.5. The normalized spacial score (nSPS) is 27.0. The van der Waals surface area contributed by atoms with Gasteiger partial charge < -0.3 is 34.8 Å². The summed E-state index contributed by atoms with van der Waals surface area (Å²) in [7, 11) is -3.45. The number of carbonyl (C=O) groups is 3. The van der Waals surface area contributed by atoms with Crippen LogP contribution in [-0.4, -0.2) is 68.5 Å². The van der Waals surface area contributed by atoms with E-state index in [2.05, 4.69) is 16.0 Å². The van der Waals surface area contributed by atoms with Gasteiger partial charge in [0.15, 0.2) is 5.60 Å². The molecule has 5 rings (SSSR count). The Morgan fingerprint density at radius 1 is 1.21 bits per heavy atom. The van der Waals surface area contributed by atoms with Crippen molar-refractivity contribution in [2.75, 3.05) is 36.9 Å². The zero-order chi connectivity index (χ0) is 30.1. The summed E-state index contributed by atoms with van der Waals surface area (Å²) in [6, 6.07) is 14.7. The Morgan fingerprint density at radius 3 is 2.64 bits per heavy atom. The minimum atomic E-state index is -3.45. The highest BCUT2D eigenvalue weighted by Crippen LogP contribution is 2.59. The molecule has 3 heterocycles. The quantitative estimate of drug-likeness (QED) is 0.259. The lowest BCUT2D eigenvalue weighted by atomic mass is 9.82. The third-order valence-electron chi connectivity index (χ3n) is 8.97. The van der Waals surface area contributed by atoms with E-state index in [0.29, 0.717) is 30.0 Å². The van der Waals surface area contributed by atoms with Crippen molar-refractivity contribution in [3.63, 3.8) is 0 Å². The Hall–Kier alpha value is -3.12. The van der Waals surface area contributed by atoms with Crippen LogP contribution < -0.4 is 16.0 Å². The van der Waals surface area contributed by atoms with Crippen molar-refractivity contribution < 1.29 is 28.3 Å². The van der Waals surface area contributed by atoms with Crippen molar-refractivity contribution in [1.82, 2.24) is 10.2 Å². The van der Waals surface area contributed by atoms with Gasteiger partial charge in [-0.25, -0.2) is 0 Å². The molecule has 0 aliphatic carbocycles. The first kappa shape index (κ1) is 30.3. The maximum atomic E-state index is 16.0. The van der Waals surface area contributed by atoms with E-state index >= 15 is 4.11 Å². The second kappa shape index (κ2) is 12.2. The molecule has 9 nitrogen and oxygen atoms in total. The van der Waals surface area contributed by atoms with E-state index in [1.54, 1.807) is 36.2 Å². The third kappa shape index (κ3) is 5.88. The van der Waals surface area contributed by atoms with E-state index < -0.39 is 31.6 Å². The SMILES string of the molecule is C[C@@H]1[C@@H]([Si](C)(C)F)[C@H](CC(=O)N(CCO)Cc2ccccc2)O[C@@]12C(=O)Nc1ccc(NC(=O)C3CCCNC3)cc12. The van der Waals surface area contributed by atoms with Crippen molar-refractivity contribution in [2.24, 2.45) is 11.8 Å². The molecule has 3 amide bonds. The molecule has 226 valence electrons. The van der Waals surface area contributed by atoms with Gasteiger partial charge in [-0.2, -0.15) is 0 Å². The Balaban J connectivity index is 1.42. The Bertz CT molecular complexity index is 1320. The van der Waals surface area contributed by atoms with Crippen molar-refractivity contribution in [3.8, 4) is 0 Å². The number of halogens is 1. The molecule has 3 aliphatic heterocycles. The summed E-state index contributed by atoms with van der Waals surface area (Å²) in [5, 5.41) is 18.8. The first-order valence-corrected chi connectivity index (χ1v) is 17.8. The van der Waals surface area contributed by atoms with Gasteiger partial charge in [0.05, 0.1) is 25.0 Å². The van der Waals surface area contributed by atoms with Crippen LogP contribution in [0.5, 0.6) is 0 Å². The van der Waals surface area contributed by atoms with Crippen LogP contribution in [0.15, 0.2) is 48.5 Å². The number of hydrogen-bond acceptors (Lipinski definition) is 6. The molecule has 2 saturated heterocycles. The van der Waals surface area contributed by atoms with Gasteiger partial charge in [-0.15, -0.1) is 0 Å². The van der Waals surface area contributed by atoms with Gasteiger partial charge in [0.25, 0.3) is 5.91 Å². The highest BCUT2D eigenvalue weighted by molar-refractivity contribution is 6.72. The van der Waals surface area contributed by atoms with Crippen molar-refractivity contribution in [3.05, 3.63) is 59.7 Å². The molecule has 3 aliphatic rings. The molecule has 4 N–H and O–H groups in total. The number of benzene rings is 2. The molecule has 1 unspecified atom stereocenters. The minimum absolute atomic E-state index is 0.0880. The van der Waals surface area contributed by atoms with Gasteiger partial charge in [-0.1, -0.05) is 37.3 Å². The molecule has 0 radical (unpaired) electrons. The lowest BCUT2D eigenvalue weighted by Gasteiger charge is -2.31. The van der Waals surface area contributed by atoms with Crippen LogP contribution in [0, 0.1) is 11.8 Å². The van der Waals surface area contributed by atoms with Gasteiger partial charge >= 0.3 is 0 Å². The number of ether oxygens (including phenoxy) is 1. The standard InChI is InChI=1S/C31H41FN4O5Si/c1-20-28(42(2,3)32)26(17-27(38)36(14-15-37)19-21-8-5-4-6-9-21)41-31(20)24-16-23(11-12-25(24)35-30(31)40)34-29(39)22-10-7-13-33-18-22/h4-6,8-9,11-12,16,20,22,26,28,33,37H,7,10,13-15,17-19H2,1-3H3,(H,34,39)(H,35,40)/t20-,22?,26+,28-,31+/m1/s1. The van der Waals surface area contributed by atoms with Crippen LogP contribution in [0.1, 0.15) is 37.3 Å². The largest absolute Gasteiger partial charge is 0.395 e. The number of fused-ring (bicyclic) bond motifs is 2. The first-order chi connectivity index (χ1) is 20.0. The maximum absolute atomic E-state index is 16.0. The van der Waals surface area contributed by atoms with Gasteiger partial charge in [0.1, 0.15) is 0 Å². The molecule has 42 heavy (non-hydrogen) atoms. The van der Waals surface area contributed by atoms with Crippen LogP contribution in [-0.2, 0) is 31.3 Å².